The van der Waals surface area contributed by atoms with E-state index in [1.807, 2.05) is 18.2 Å². The molecule has 25 heavy (non-hydrogen) atoms. The molecule has 0 bridgehead atoms. The number of rotatable bonds is 3. The van der Waals surface area contributed by atoms with Crippen LogP contribution in [0, 0.1) is 5.92 Å². The first-order valence-electron chi connectivity index (χ1n) is 8.35. The van der Waals surface area contributed by atoms with Gasteiger partial charge in [0.1, 0.15) is 4.88 Å². The number of esters is 1. The van der Waals surface area contributed by atoms with Crippen molar-refractivity contribution < 1.29 is 9.53 Å². The van der Waals surface area contributed by atoms with Crippen LogP contribution in [0.4, 0.5) is 5.69 Å². The summed E-state index contributed by atoms with van der Waals surface area (Å²) in [5.41, 5.74) is 0.878. The van der Waals surface area contributed by atoms with E-state index in [1.165, 1.54) is 31.3 Å². The maximum Gasteiger partial charge on any atom is 0.349 e. The molecule has 2 aromatic rings. The Kier molecular flexibility index (Phi) is 5.81. The third kappa shape index (κ3) is 4.25. The Morgan fingerprint density at radius 2 is 2.04 bits per heavy atom. The molecule has 134 valence electrons. The molecule has 0 unspecified atom stereocenters. The molecule has 4 nitrogen and oxygen atoms in total. The number of hydrogen-bond acceptors (Lipinski definition) is 4. The van der Waals surface area contributed by atoms with Gasteiger partial charge in [-0.2, -0.15) is 0 Å². The number of halogens is 1. The van der Waals surface area contributed by atoms with E-state index in [-0.39, 0.29) is 0 Å². The molecule has 1 aromatic heterocycles. The third-order valence-electron chi connectivity index (χ3n) is 4.61. The minimum atomic E-state index is -0.413. The molecule has 0 amide bonds. The number of ether oxygens (including phenoxy) is 1. The van der Waals surface area contributed by atoms with E-state index in [0.29, 0.717) is 21.1 Å². The normalized spacial score (nSPS) is 20.3. The summed E-state index contributed by atoms with van der Waals surface area (Å²) in [6.07, 6.45) is 4.81. The van der Waals surface area contributed by atoms with E-state index in [1.54, 1.807) is 0 Å². The monoisotopic (exact) mass is 396 g/mol. The van der Waals surface area contributed by atoms with Crippen LogP contribution in [0.2, 0.25) is 5.02 Å². The van der Waals surface area contributed by atoms with Gasteiger partial charge in [0.25, 0.3) is 0 Å². The van der Waals surface area contributed by atoms with Gasteiger partial charge >= 0.3 is 5.97 Å². The van der Waals surface area contributed by atoms with Crippen LogP contribution in [0.1, 0.15) is 42.3 Å². The number of methoxy groups -OCH3 is 1. The molecule has 1 aliphatic rings. The maximum atomic E-state index is 11.8. The van der Waals surface area contributed by atoms with E-state index in [0.717, 1.165) is 34.5 Å². The predicted octanol–water partition coefficient (Wildman–Crippen LogP) is 5.21. The summed E-state index contributed by atoms with van der Waals surface area (Å²) in [6.45, 7) is 2.30. The number of benzene rings is 1. The number of carbonyl (C=O) groups excluding carboxylic acids is 1. The fourth-order valence-electron chi connectivity index (χ4n) is 3.12. The highest BCUT2D eigenvalue weighted by Gasteiger charge is 2.20. The quantitative estimate of drug-likeness (QED) is 0.551. The molecule has 3 rings (SSSR count). The van der Waals surface area contributed by atoms with E-state index in [4.69, 9.17) is 28.6 Å². The molecule has 7 heteroatoms. The van der Waals surface area contributed by atoms with Crippen molar-refractivity contribution in [1.82, 2.24) is 5.32 Å². The van der Waals surface area contributed by atoms with Crippen LogP contribution in [0.15, 0.2) is 18.2 Å². The Labute approximate surface area is 161 Å². The zero-order valence-electron chi connectivity index (χ0n) is 14.2. The molecule has 1 aliphatic carbocycles. The number of anilines is 1. The van der Waals surface area contributed by atoms with Crippen LogP contribution in [0.5, 0.6) is 0 Å². The third-order valence-corrected chi connectivity index (χ3v) is 6.47. The van der Waals surface area contributed by atoms with Crippen molar-refractivity contribution in [3.05, 3.63) is 28.1 Å². The second kappa shape index (κ2) is 7.89. The summed E-state index contributed by atoms with van der Waals surface area (Å²) in [6, 6.07) is 6.21. The van der Waals surface area contributed by atoms with Crippen molar-refractivity contribution in [3.63, 3.8) is 0 Å². The Balaban J connectivity index is 1.69. The Morgan fingerprint density at radius 1 is 1.32 bits per heavy atom. The van der Waals surface area contributed by atoms with Gasteiger partial charge < -0.3 is 15.4 Å². The van der Waals surface area contributed by atoms with Crippen LogP contribution in [-0.2, 0) is 4.74 Å². The summed E-state index contributed by atoms with van der Waals surface area (Å²) in [4.78, 5) is 12.2. The summed E-state index contributed by atoms with van der Waals surface area (Å²) in [7, 11) is 1.35. The fourth-order valence-corrected chi connectivity index (χ4v) is 4.87. The van der Waals surface area contributed by atoms with Crippen molar-refractivity contribution in [1.29, 1.82) is 0 Å². The molecule has 0 spiro atoms. The fraction of sp³-hybridized carbons (Fsp3) is 0.444. The second-order valence-electron chi connectivity index (χ2n) is 6.50. The number of hydrogen-bond donors (Lipinski definition) is 2. The van der Waals surface area contributed by atoms with Crippen molar-refractivity contribution in [2.24, 2.45) is 5.92 Å². The van der Waals surface area contributed by atoms with Crippen molar-refractivity contribution in [3.8, 4) is 0 Å². The second-order valence-corrected chi connectivity index (χ2v) is 8.34. The first-order valence-corrected chi connectivity index (χ1v) is 9.96. The van der Waals surface area contributed by atoms with Crippen LogP contribution in [0.25, 0.3) is 10.1 Å². The number of nitrogens with one attached hydrogen (secondary N) is 2. The first-order chi connectivity index (χ1) is 12.0. The molecule has 1 fully saturated rings. The molecule has 0 radical (unpaired) electrons. The lowest BCUT2D eigenvalue weighted by Gasteiger charge is -2.28. The largest absolute Gasteiger partial charge is 0.465 e. The minimum Gasteiger partial charge on any atom is -0.465 e. The standard InChI is InChI=1S/C18H21ClN2O2S2/c1-10-3-5-11(6-4-10)20-18(24)21-12-7-8-13-14(9-12)25-16(15(13)19)17(22)23-2/h7-11H,3-6H2,1-2H3,(H2,20,21,24). The van der Waals surface area contributed by atoms with Crippen molar-refractivity contribution in [2.45, 2.75) is 38.6 Å². The highest BCUT2D eigenvalue weighted by molar-refractivity contribution is 7.80. The molecule has 1 heterocycles. The zero-order chi connectivity index (χ0) is 18.0. The Morgan fingerprint density at radius 3 is 2.72 bits per heavy atom. The number of thiocarbonyl (C=S) groups is 1. The maximum absolute atomic E-state index is 11.8. The first kappa shape index (κ1) is 18.4. The highest BCUT2D eigenvalue weighted by Crippen LogP contribution is 2.37. The summed E-state index contributed by atoms with van der Waals surface area (Å²) in [5.74, 6) is 0.402. The highest BCUT2D eigenvalue weighted by atomic mass is 35.5. The van der Waals surface area contributed by atoms with Gasteiger partial charge in [0.05, 0.1) is 12.1 Å². The average Bonchev–Trinajstić information content (AvgIpc) is 2.92. The van der Waals surface area contributed by atoms with Crippen LogP contribution < -0.4 is 10.6 Å². The molecular weight excluding hydrogens is 376 g/mol. The predicted molar refractivity (Wildman–Crippen MR) is 109 cm³/mol. The number of fused-ring (bicyclic) bond motifs is 1. The van der Waals surface area contributed by atoms with Gasteiger partial charge in [0, 0.05) is 21.8 Å². The van der Waals surface area contributed by atoms with Crippen molar-refractivity contribution >= 4 is 62.0 Å². The van der Waals surface area contributed by atoms with Gasteiger partial charge in [-0.1, -0.05) is 18.5 Å². The summed E-state index contributed by atoms with van der Waals surface area (Å²) < 4.78 is 5.70. The topological polar surface area (TPSA) is 50.4 Å². The summed E-state index contributed by atoms with van der Waals surface area (Å²) >= 11 is 13.0. The van der Waals surface area contributed by atoms with Crippen LogP contribution in [0.3, 0.4) is 0 Å². The number of carbonyl (C=O) groups is 1. The lowest BCUT2D eigenvalue weighted by atomic mass is 9.87. The Hall–Kier alpha value is -1.37. The summed E-state index contributed by atoms with van der Waals surface area (Å²) in [5, 5.41) is 8.56. The Bertz CT molecular complexity index is 798. The minimum absolute atomic E-state index is 0.413. The van der Waals surface area contributed by atoms with E-state index >= 15 is 0 Å². The SMILES string of the molecule is COC(=O)c1sc2cc(NC(=S)NC3CCC(C)CC3)ccc2c1Cl. The van der Waals surface area contributed by atoms with Gasteiger partial charge in [-0.05, 0) is 62.0 Å². The van der Waals surface area contributed by atoms with Gasteiger partial charge in [-0.3, -0.25) is 0 Å². The van der Waals surface area contributed by atoms with E-state index < -0.39 is 5.97 Å². The molecule has 1 aromatic carbocycles. The van der Waals surface area contributed by atoms with Gasteiger partial charge in [-0.15, -0.1) is 11.3 Å². The zero-order valence-corrected chi connectivity index (χ0v) is 16.6. The molecule has 2 N–H and O–H groups in total. The lowest BCUT2D eigenvalue weighted by molar-refractivity contribution is 0.0606. The van der Waals surface area contributed by atoms with E-state index in [9.17, 15) is 4.79 Å². The average molecular weight is 397 g/mol. The van der Waals surface area contributed by atoms with Crippen molar-refractivity contribution in [2.75, 3.05) is 12.4 Å². The van der Waals surface area contributed by atoms with Gasteiger partial charge in [0.15, 0.2) is 5.11 Å². The van der Waals surface area contributed by atoms with Crippen LogP contribution in [-0.4, -0.2) is 24.2 Å². The molecular formula is C18H21ClN2O2S2. The smallest absolute Gasteiger partial charge is 0.349 e. The number of thiophene rings is 1. The lowest BCUT2D eigenvalue weighted by Crippen LogP contribution is -2.39. The van der Waals surface area contributed by atoms with E-state index in [2.05, 4.69) is 17.6 Å². The molecule has 0 atom stereocenters. The van der Waals surface area contributed by atoms with Crippen LogP contribution >= 0.6 is 35.2 Å². The van der Waals surface area contributed by atoms with Gasteiger partial charge in [-0.25, -0.2) is 4.79 Å². The molecule has 0 saturated heterocycles. The van der Waals surface area contributed by atoms with Gasteiger partial charge in [0.2, 0.25) is 0 Å². The molecule has 0 aliphatic heterocycles. The molecule has 1 saturated carbocycles.